The maximum atomic E-state index is 12.9. The van der Waals surface area contributed by atoms with E-state index in [4.69, 9.17) is 5.73 Å². The molecule has 0 amide bonds. The normalized spacial score (nSPS) is 11.7. The molecule has 0 aliphatic rings. The molecule has 0 aromatic heterocycles. The van der Waals surface area contributed by atoms with E-state index in [-0.39, 0.29) is 11.9 Å². The van der Waals surface area contributed by atoms with E-state index in [1.54, 1.807) is 13.0 Å². The second-order valence-electron chi connectivity index (χ2n) is 2.90. The Morgan fingerprint density at radius 1 is 1.57 bits per heavy atom. The van der Waals surface area contributed by atoms with Gasteiger partial charge in [-0.25, -0.2) is 4.39 Å². The van der Waals surface area contributed by atoms with Gasteiger partial charge in [0.25, 0.3) is 0 Å². The van der Waals surface area contributed by atoms with Gasteiger partial charge in [-0.15, -0.1) is 11.8 Å². The average molecular weight is 256 g/mol. The van der Waals surface area contributed by atoms with Crippen LogP contribution in [0.25, 0.3) is 0 Å². The first-order valence-electron chi connectivity index (χ1n) is 4.25. The Balaban J connectivity index is 2.91. The summed E-state index contributed by atoms with van der Waals surface area (Å²) in [7, 11) is 0. The second-order valence-corrected chi connectivity index (χ2v) is 3.76. The summed E-state index contributed by atoms with van der Waals surface area (Å²) in [6.07, 6.45) is 0.540. The van der Waals surface area contributed by atoms with Crippen LogP contribution in [0.4, 0.5) is 4.39 Å². The van der Waals surface area contributed by atoms with Crippen LogP contribution in [0.3, 0.4) is 0 Å². The Bertz CT molecular complexity index is 379. The molecule has 0 aliphatic heterocycles. The molecular weight excluding hydrogens is 245 g/mol. The molecule has 1 unspecified atom stereocenters. The van der Waals surface area contributed by atoms with Crippen molar-refractivity contribution in [3.05, 3.63) is 34.1 Å². The van der Waals surface area contributed by atoms with Gasteiger partial charge in [0.15, 0.2) is 0 Å². The quantitative estimate of drug-likeness (QED) is 0.809. The molecular formula is C11H11BrFN. The van der Waals surface area contributed by atoms with Crippen LogP contribution in [0.5, 0.6) is 0 Å². The van der Waals surface area contributed by atoms with Crippen LogP contribution >= 0.6 is 15.9 Å². The van der Waals surface area contributed by atoms with E-state index in [0.29, 0.717) is 6.42 Å². The molecule has 1 rings (SSSR count). The zero-order chi connectivity index (χ0) is 10.6. The van der Waals surface area contributed by atoms with Gasteiger partial charge in [0, 0.05) is 16.9 Å². The summed E-state index contributed by atoms with van der Waals surface area (Å²) >= 11 is 3.33. The van der Waals surface area contributed by atoms with Gasteiger partial charge in [0.1, 0.15) is 5.82 Å². The monoisotopic (exact) mass is 255 g/mol. The summed E-state index contributed by atoms with van der Waals surface area (Å²) in [6.45, 7) is 1.76. The summed E-state index contributed by atoms with van der Waals surface area (Å²) in [5, 5.41) is 0. The highest BCUT2D eigenvalue weighted by molar-refractivity contribution is 9.10. The number of rotatable bonds is 2. The first-order valence-corrected chi connectivity index (χ1v) is 5.04. The SMILES string of the molecule is CC#CCC(N)c1cc(F)ccc1Br. The lowest BCUT2D eigenvalue weighted by Crippen LogP contribution is -2.10. The van der Waals surface area contributed by atoms with Crippen molar-refractivity contribution >= 4 is 15.9 Å². The van der Waals surface area contributed by atoms with Gasteiger partial charge >= 0.3 is 0 Å². The fourth-order valence-corrected chi connectivity index (χ4v) is 1.66. The van der Waals surface area contributed by atoms with Crippen LogP contribution in [-0.2, 0) is 0 Å². The molecule has 0 fully saturated rings. The van der Waals surface area contributed by atoms with E-state index in [0.717, 1.165) is 10.0 Å². The predicted molar refractivity (Wildman–Crippen MR) is 59.1 cm³/mol. The van der Waals surface area contributed by atoms with Crippen molar-refractivity contribution in [3.63, 3.8) is 0 Å². The van der Waals surface area contributed by atoms with E-state index in [1.807, 2.05) is 0 Å². The number of hydrogen-bond acceptors (Lipinski definition) is 1. The van der Waals surface area contributed by atoms with E-state index in [1.165, 1.54) is 12.1 Å². The first-order chi connectivity index (χ1) is 6.65. The number of benzene rings is 1. The highest BCUT2D eigenvalue weighted by Crippen LogP contribution is 2.24. The van der Waals surface area contributed by atoms with Crippen molar-refractivity contribution in [3.8, 4) is 11.8 Å². The van der Waals surface area contributed by atoms with E-state index < -0.39 is 0 Å². The molecule has 0 radical (unpaired) electrons. The third kappa shape index (κ3) is 2.83. The summed E-state index contributed by atoms with van der Waals surface area (Å²) in [4.78, 5) is 0. The van der Waals surface area contributed by atoms with Crippen LogP contribution in [-0.4, -0.2) is 0 Å². The third-order valence-corrected chi connectivity index (χ3v) is 2.58. The number of nitrogens with two attached hydrogens (primary N) is 1. The molecule has 3 heteroatoms. The molecule has 74 valence electrons. The summed E-state index contributed by atoms with van der Waals surface area (Å²) in [5.74, 6) is 5.36. The summed E-state index contributed by atoms with van der Waals surface area (Å²) in [6, 6.07) is 4.24. The molecule has 0 saturated carbocycles. The minimum absolute atomic E-state index is 0.243. The predicted octanol–water partition coefficient (Wildman–Crippen LogP) is 3.00. The first kappa shape index (κ1) is 11.2. The molecule has 1 aromatic carbocycles. The van der Waals surface area contributed by atoms with Gasteiger partial charge < -0.3 is 5.73 Å². The lowest BCUT2D eigenvalue weighted by molar-refractivity contribution is 0.619. The van der Waals surface area contributed by atoms with Crippen molar-refractivity contribution in [2.45, 2.75) is 19.4 Å². The van der Waals surface area contributed by atoms with Gasteiger partial charge in [-0.05, 0) is 30.7 Å². The molecule has 0 spiro atoms. The van der Waals surface area contributed by atoms with Gasteiger partial charge in [0.05, 0.1) is 0 Å². The maximum Gasteiger partial charge on any atom is 0.123 e. The van der Waals surface area contributed by atoms with E-state index >= 15 is 0 Å². The highest BCUT2D eigenvalue weighted by Gasteiger charge is 2.09. The third-order valence-electron chi connectivity index (χ3n) is 1.86. The lowest BCUT2D eigenvalue weighted by Gasteiger charge is -2.10. The minimum Gasteiger partial charge on any atom is -0.323 e. The molecule has 0 aliphatic carbocycles. The Labute approximate surface area is 91.6 Å². The Kier molecular flexibility index (Phi) is 4.12. The summed E-state index contributed by atoms with van der Waals surface area (Å²) < 4.78 is 13.7. The Morgan fingerprint density at radius 2 is 2.29 bits per heavy atom. The van der Waals surface area contributed by atoms with Crippen molar-refractivity contribution in [2.24, 2.45) is 5.73 Å². The average Bonchev–Trinajstić information content (AvgIpc) is 2.18. The molecule has 14 heavy (non-hydrogen) atoms. The fourth-order valence-electron chi connectivity index (χ4n) is 1.12. The standard InChI is InChI=1S/C11H11BrFN/c1-2-3-4-11(14)9-7-8(13)5-6-10(9)12/h5-7,11H,4,14H2,1H3. The topological polar surface area (TPSA) is 26.0 Å². The second kappa shape index (κ2) is 5.14. The van der Waals surface area contributed by atoms with Crippen molar-refractivity contribution in [1.29, 1.82) is 0 Å². The van der Waals surface area contributed by atoms with Crippen LogP contribution in [0, 0.1) is 17.7 Å². The molecule has 1 atom stereocenters. The van der Waals surface area contributed by atoms with Gasteiger partial charge in [-0.2, -0.15) is 0 Å². The van der Waals surface area contributed by atoms with Gasteiger partial charge in [-0.3, -0.25) is 0 Å². The molecule has 0 heterocycles. The summed E-state index contributed by atoms with van der Waals surface area (Å²) in [5.41, 5.74) is 6.61. The molecule has 1 aromatic rings. The van der Waals surface area contributed by atoms with Gasteiger partial charge in [-0.1, -0.05) is 15.9 Å². The zero-order valence-corrected chi connectivity index (χ0v) is 9.44. The van der Waals surface area contributed by atoms with E-state index in [9.17, 15) is 4.39 Å². The van der Waals surface area contributed by atoms with Gasteiger partial charge in [0.2, 0.25) is 0 Å². The van der Waals surface area contributed by atoms with Crippen molar-refractivity contribution in [2.75, 3.05) is 0 Å². The largest absolute Gasteiger partial charge is 0.323 e. The molecule has 0 bridgehead atoms. The van der Waals surface area contributed by atoms with Crippen LogP contribution in [0.2, 0.25) is 0 Å². The zero-order valence-electron chi connectivity index (χ0n) is 7.85. The van der Waals surface area contributed by atoms with Crippen LogP contribution < -0.4 is 5.73 Å². The number of hydrogen-bond donors (Lipinski definition) is 1. The smallest absolute Gasteiger partial charge is 0.123 e. The van der Waals surface area contributed by atoms with Crippen molar-refractivity contribution in [1.82, 2.24) is 0 Å². The van der Waals surface area contributed by atoms with Crippen LogP contribution in [0.1, 0.15) is 24.9 Å². The molecule has 1 nitrogen and oxygen atoms in total. The fraction of sp³-hybridized carbons (Fsp3) is 0.273. The van der Waals surface area contributed by atoms with E-state index in [2.05, 4.69) is 27.8 Å². The lowest BCUT2D eigenvalue weighted by atomic mass is 10.1. The van der Waals surface area contributed by atoms with Crippen molar-refractivity contribution < 1.29 is 4.39 Å². The molecule has 2 N–H and O–H groups in total. The number of halogens is 2. The maximum absolute atomic E-state index is 12.9. The van der Waals surface area contributed by atoms with Crippen LogP contribution in [0.15, 0.2) is 22.7 Å². The Hall–Kier alpha value is -0.850. The minimum atomic E-state index is -0.275. The Morgan fingerprint density at radius 3 is 2.93 bits per heavy atom. The molecule has 0 saturated heterocycles. The highest BCUT2D eigenvalue weighted by atomic mass is 79.9.